The molecule has 1 fully saturated rings. The molecule has 0 heterocycles. The van der Waals surface area contributed by atoms with E-state index >= 15 is 0 Å². The molecule has 0 aromatic rings. The third kappa shape index (κ3) is 2.48. The van der Waals surface area contributed by atoms with Gasteiger partial charge in [0.1, 0.15) is 0 Å². The number of nitrogens with one attached hydrogen (secondary N) is 1. The second-order valence-electron chi connectivity index (χ2n) is 4.68. The van der Waals surface area contributed by atoms with Gasteiger partial charge in [0.2, 0.25) is 0 Å². The molecule has 0 amide bonds. The summed E-state index contributed by atoms with van der Waals surface area (Å²) in [6, 6.07) is 0.713. The van der Waals surface area contributed by atoms with Gasteiger partial charge in [-0.3, -0.25) is 0 Å². The van der Waals surface area contributed by atoms with E-state index in [1.165, 1.54) is 12.8 Å². The highest BCUT2D eigenvalue weighted by Crippen LogP contribution is 2.47. The minimum Gasteiger partial charge on any atom is -0.313 e. The maximum Gasteiger partial charge on any atom is 0.00926 e. The third-order valence-electron chi connectivity index (χ3n) is 2.92. The van der Waals surface area contributed by atoms with Crippen molar-refractivity contribution in [2.45, 2.75) is 46.6 Å². The predicted molar refractivity (Wildman–Crippen MR) is 49.6 cm³/mol. The fraction of sp³-hybridized carbons (Fsp3) is 1.00. The van der Waals surface area contributed by atoms with Crippen LogP contribution >= 0.6 is 0 Å². The van der Waals surface area contributed by atoms with Crippen LogP contribution in [-0.2, 0) is 0 Å². The molecule has 0 radical (unpaired) electrons. The second-order valence-corrected chi connectivity index (χ2v) is 4.68. The summed E-state index contributed by atoms with van der Waals surface area (Å²) in [5.74, 6) is 0.778. The van der Waals surface area contributed by atoms with Crippen molar-refractivity contribution in [2.24, 2.45) is 11.3 Å². The summed E-state index contributed by atoms with van der Waals surface area (Å²) in [5.41, 5.74) is 0.634. The summed E-state index contributed by atoms with van der Waals surface area (Å²) < 4.78 is 0. The molecule has 0 spiro atoms. The lowest BCUT2D eigenvalue weighted by Gasteiger charge is -2.21. The van der Waals surface area contributed by atoms with Crippen LogP contribution in [0.15, 0.2) is 0 Å². The van der Waals surface area contributed by atoms with Crippen LogP contribution in [-0.4, -0.2) is 12.6 Å². The molecular weight excluding hydrogens is 134 g/mol. The second kappa shape index (κ2) is 3.14. The summed E-state index contributed by atoms with van der Waals surface area (Å²) in [4.78, 5) is 0. The van der Waals surface area contributed by atoms with Gasteiger partial charge in [0.05, 0.1) is 0 Å². The van der Waals surface area contributed by atoms with E-state index < -0.39 is 0 Å². The van der Waals surface area contributed by atoms with E-state index in [4.69, 9.17) is 0 Å². The summed E-state index contributed by atoms with van der Waals surface area (Å²) in [6.07, 6.45) is 2.83. The molecule has 0 saturated heterocycles. The van der Waals surface area contributed by atoms with E-state index in [9.17, 15) is 0 Å². The zero-order chi connectivity index (χ0) is 8.48. The fourth-order valence-electron chi connectivity index (χ4n) is 1.29. The molecule has 1 saturated carbocycles. The highest BCUT2D eigenvalue weighted by atomic mass is 14.9. The van der Waals surface area contributed by atoms with Gasteiger partial charge >= 0.3 is 0 Å². The van der Waals surface area contributed by atoms with E-state index in [-0.39, 0.29) is 0 Å². The largest absolute Gasteiger partial charge is 0.313 e. The van der Waals surface area contributed by atoms with E-state index in [1.807, 2.05) is 0 Å². The van der Waals surface area contributed by atoms with Crippen molar-refractivity contribution in [1.82, 2.24) is 5.32 Å². The van der Waals surface area contributed by atoms with Gasteiger partial charge in [-0.25, -0.2) is 0 Å². The Hall–Kier alpha value is -0.0400. The Morgan fingerprint density at radius 1 is 1.27 bits per heavy atom. The summed E-state index contributed by atoms with van der Waals surface area (Å²) in [6.45, 7) is 10.4. The maximum absolute atomic E-state index is 3.58. The molecule has 0 unspecified atom stereocenters. The van der Waals surface area contributed by atoms with Crippen molar-refractivity contribution in [3.63, 3.8) is 0 Å². The first-order valence-electron chi connectivity index (χ1n) is 4.78. The quantitative estimate of drug-likeness (QED) is 0.657. The number of hydrogen-bond donors (Lipinski definition) is 1. The van der Waals surface area contributed by atoms with Gasteiger partial charge in [-0.05, 0) is 37.6 Å². The first-order valence-corrected chi connectivity index (χ1v) is 4.78. The molecular formula is C10H21N. The first kappa shape index (κ1) is 9.05. The Kier molecular flexibility index (Phi) is 2.58. The van der Waals surface area contributed by atoms with E-state index in [2.05, 4.69) is 33.0 Å². The van der Waals surface area contributed by atoms with Crippen LogP contribution in [0.3, 0.4) is 0 Å². The molecule has 1 nitrogen and oxygen atoms in total. The number of hydrogen-bond acceptors (Lipinski definition) is 1. The molecule has 0 bridgehead atoms. The van der Waals surface area contributed by atoms with Crippen molar-refractivity contribution >= 4 is 0 Å². The standard InChI is InChI=1S/C10H21N/c1-8(2)7-11-9(3)10(4)5-6-10/h8-9,11H,5-7H2,1-4H3/t9-/m1/s1. The van der Waals surface area contributed by atoms with Crippen molar-refractivity contribution in [3.8, 4) is 0 Å². The Morgan fingerprint density at radius 2 is 1.82 bits per heavy atom. The molecule has 0 aromatic heterocycles. The lowest BCUT2D eigenvalue weighted by atomic mass is 10.0. The van der Waals surface area contributed by atoms with Crippen LogP contribution in [0.4, 0.5) is 0 Å². The zero-order valence-corrected chi connectivity index (χ0v) is 8.28. The topological polar surface area (TPSA) is 12.0 Å². The van der Waals surface area contributed by atoms with Gasteiger partial charge in [0.15, 0.2) is 0 Å². The van der Waals surface area contributed by atoms with Crippen LogP contribution in [0, 0.1) is 11.3 Å². The molecule has 0 aliphatic heterocycles. The Labute approximate surface area is 70.6 Å². The minimum absolute atomic E-state index is 0.634. The Bertz CT molecular complexity index is 125. The highest BCUT2D eigenvalue weighted by Gasteiger charge is 2.41. The zero-order valence-electron chi connectivity index (χ0n) is 8.28. The average molecular weight is 155 g/mol. The van der Waals surface area contributed by atoms with Crippen molar-refractivity contribution in [2.75, 3.05) is 6.54 Å². The Morgan fingerprint density at radius 3 is 2.18 bits per heavy atom. The SMILES string of the molecule is CC(C)CN[C@H](C)C1(C)CC1. The molecule has 1 atom stereocenters. The third-order valence-corrected chi connectivity index (χ3v) is 2.92. The van der Waals surface area contributed by atoms with Gasteiger partial charge in [0, 0.05) is 6.04 Å². The fourth-order valence-corrected chi connectivity index (χ4v) is 1.29. The van der Waals surface area contributed by atoms with Crippen molar-refractivity contribution in [3.05, 3.63) is 0 Å². The van der Waals surface area contributed by atoms with Gasteiger partial charge in [0.25, 0.3) is 0 Å². The van der Waals surface area contributed by atoms with E-state index in [0.29, 0.717) is 11.5 Å². The molecule has 66 valence electrons. The first-order chi connectivity index (χ1) is 5.04. The predicted octanol–water partition coefficient (Wildman–Crippen LogP) is 2.42. The minimum atomic E-state index is 0.634. The molecule has 1 heteroatoms. The molecule has 1 aliphatic rings. The average Bonchev–Trinajstić information content (AvgIpc) is 2.64. The van der Waals surface area contributed by atoms with Gasteiger partial charge in [-0.1, -0.05) is 20.8 Å². The van der Waals surface area contributed by atoms with Crippen LogP contribution in [0.25, 0.3) is 0 Å². The van der Waals surface area contributed by atoms with Crippen molar-refractivity contribution in [1.29, 1.82) is 0 Å². The number of rotatable bonds is 4. The Balaban J connectivity index is 2.16. The molecule has 0 aromatic carbocycles. The van der Waals surface area contributed by atoms with Gasteiger partial charge < -0.3 is 5.32 Å². The van der Waals surface area contributed by atoms with Crippen LogP contribution in [0.5, 0.6) is 0 Å². The smallest absolute Gasteiger partial charge is 0.00926 e. The maximum atomic E-state index is 3.58. The van der Waals surface area contributed by atoms with Crippen molar-refractivity contribution < 1.29 is 0 Å². The summed E-state index contributed by atoms with van der Waals surface area (Å²) in [7, 11) is 0. The highest BCUT2D eigenvalue weighted by molar-refractivity contribution is 4.96. The molecule has 11 heavy (non-hydrogen) atoms. The van der Waals surface area contributed by atoms with Crippen LogP contribution in [0.1, 0.15) is 40.5 Å². The van der Waals surface area contributed by atoms with Crippen LogP contribution in [0.2, 0.25) is 0 Å². The van der Waals surface area contributed by atoms with Crippen LogP contribution < -0.4 is 5.32 Å². The van der Waals surface area contributed by atoms with Gasteiger partial charge in [-0.2, -0.15) is 0 Å². The van der Waals surface area contributed by atoms with E-state index in [0.717, 1.165) is 12.5 Å². The molecule has 1 rings (SSSR count). The normalized spacial score (nSPS) is 23.7. The summed E-state index contributed by atoms with van der Waals surface area (Å²) in [5, 5.41) is 3.58. The molecule has 1 aliphatic carbocycles. The monoisotopic (exact) mass is 155 g/mol. The summed E-state index contributed by atoms with van der Waals surface area (Å²) >= 11 is 0. The lowest BCUT2D eigenvalue weighted by molar-refractivity contribution is 0.363. The molecule has 1 N–H and O–H groups in total. The van der Waals surface area contributed by atoms with E-state index in [1.54, 1.807) is 0 Å². The van der Waals surface area contributed by atoms with Gasteiger partial charge in [-0.15, -0.1) is 0 Å². The lowest BCUT2D eigenvalue weighted by Crippen LogP contribution is -2.35.